The number of carbonyl (C=O) groups is 1. The lowest BCUT2D eigenvalue weighted by Gasteiger charge is -2.07. The van der Waals surface area contributed by atoms with Crippen molar-refractivity contribution in [1.29, 1.82) is 0 Å². The predicted molar refractivity (Wildman–Crippen MR) is 72.8 cm³/mol. The average Bonchev–Trinajstić information content (AvgIpc) is 2.99. The summed E-state index contributed by atoms with van der Waals surface area (Å²) in [5, 5.41) is 9.16. The van der Waals surface area contributed by atoms with Gasteiger partial charge in [-0.05, 0) is 20.3 Å². The fraction of sp³-hybridized carbons (Fsp3) is 0.533. The van der Waals surface area contributed by atoms with Gasteiger partial charge in [-0.2, -0.15) is 0 Å². The molecule has 110 valence electrons. The van der Waals surface area contributed by atoms with E-state index in [-0.39, 0.29) is 11.9 Å². The van der Waals surface area contributed by atoms with E-state index in [9.17, 15) is 4.79 Å². The van der Waals surface area contributed by atoms with Crippen LogP contribution in [0.3, 0.4) is 0 Å². The van der Waals surface area contributed by atoms with Crippen LogP contribution in [0.1, 0.15) is 41.4 Å². The number of ether oxygens (including phenoxy) is 2. The minimum Gasteiger partial charge on any atom is -0.478 e. The standard InChI is InChI=1S/C15H20O5/c1-10(4-3-5-13-18-6-7-19-13)8-12-14(15(16)17)11(2)9-20-12/h4,9,13H,3,5-8H2,1-2H3,(H,16,17)/b10-4+. The molecule has 1 aliphatic heterocycles. The SMILES string of the molecule is C/C(=C\CCC1OCCO1)Cc1occ(C)c1C(=O)O. The monoisotopic (exact) mass is 280 g/mol. The molecule has 1 aliphatic rings. The molecule has 0 aliphatic carbocycles. The smallest absolute Gasteiger partial charge is 0.339 e. The molecule has 0 unspecified atom stereocenters. The van der Waals surface area contributed by atoms with E-state index in [1.54, 1.807) is 6.92 Å². The summed E-state index contributed by atoms with van der Waals surface area (Å²) in [6.45, 7) is 5.05. The Morgan fingerprint density at radius 1 is 1.45 bits per heavy atom. The lowest BCUT2D eigenvalue weighted by atomic mass is 10.1. The second-order valence-corrected chi connectivity index (χ2v) is 5.00. The fourth-order valence-electron chi connectivity index (χ4n) is 2.28. The molecule has 1 aromatic heterocycles. The van der Waals surface area contributed by atoms with Gasteiger partial charge in [-0.15, -0.1) is 0 Å². The number of aryl methyl sites for hydroxylation is 1. The second-order valence-electron chi connectivity index (χ2n) is 5.00. The van der Waals surface area contributed by atoms with E-state index in [1.165, 1.54) is 6.26 Å². The highest BCUT2D eigenvalue weighted by Crippen LogP contribution is 2.20. The van der Waals surface area contributed by atoms with E-state index in [2.05, 4.69) is 6.08 Å². The van der Waals surface area contributed by atoms with Gasteiger partial charge < -0.3 is 19.0 Å². The number of rotatable bonds is 6. The Hall–Kier alpha value is -1.59. The van der Waals surface area contributed by atoms with Crippen LogP contribution < -0.4 is 0 Å². The van der Waals surface area contributed by atoms with Crippen LogP contribution in [0.5, 0.6) is 0 Å². The molecule has 0 spiro atoms. The van der Waals surface area contributed by atoms with Gasteiger partial charge in [0, 0.05) is 18.4 Å². The first kappa shape index (κ1) is 14.8. The number of carboxylic acid groups (broad SMARTS) is 1. The minimum atomic E-state index is -0.938. The molecule has 1 N–H and O–H groups in total. The first-order chi connectivity index (χ1) is 9.58. The van der Waals surface area contributed by atoms with Gasteiger partial charge in [0.15, 0.2) is 6.29 Å². The van der Waals surface area contributed by atoms with Crippen LogP contribution in [-0.2, 0) is 15.9 Å². The Bertz CT molecular complexity index is 494. The summed E-state index contributed by atoms with van der Waals surface area (Å²) in [4.78, 5) is 11.2. The molecule has 0 aromatic carbocycles. The lowest BCUT2D eigenvalue weighted by Crippen LogP contribution is -2.06. The quantitative estimate of drug-likeness (QED) is 0.811. The van der Waals surface area contributed by atoms with Crippen molar-refractivity contribution in [3.63, 3.8) is 0 Å². The predicted octanol–water partition coefficient (Wildman–Crippen LogP) is 2.93. The molecule has 0 atom stereocenters. The summed E-state index contributed by atoms with van der Waals surface area (Å²) in [7, 11) is 0. The molecule has 0 bridgehead atoms. The molecule has 0 saturated carbocycles. The molecule has 2 rings (SSSR count). The summed E-state index contributed by atoms with van der Waals surface area (Å²) < 4.78 is 16.1. The molecule has 1 saturated heterocycles. The van der Waals surface area contributed by atoms with Crippen LogP contribution >= 0.6 is 0 Å². The molecule has 1 fully saturated rings. The van der Waals surface area contributed by atoms with Gasteiger partial charge in [-0.1, -0.05) is 11.6 Å². The molecular weight excluding hydrogens is 260 g/mol. The number of furan rings is 1. The topological polar surface area (TPSA) is 68.9 Å². The van der Waals surface area contributed by atoms with Crippen LogP contribution in [0.2, 0.25) is 0 Å². The third-order valence-corrected chi connectivity index (χ3v) is 3.29. The summed E-state index contributed by atoms with van der Waals surface area (Å²) >= 11 is 0. The number of aromatic carboxylic acids is 1. The molecule has 0 radical (unpaired) electrons. The van der Waals surface area contributed by atoms with E-state index in [0.29, 0.717) is 31.0 Å². The fourth-order valence-corrected chi connectivity index (χ4v) is 2.28. The highest BCUT2D eigenvalue weighted by atomic mass is 16.7. The normalized spacial score (nSPS) is 16.8. The van der Waals surface area contributed by atoms with Crippen molar-refractivity contribution in [1.82, 2.24) is 0 Å². The van der Waals surface area contributed by atoms with Crippen LogP contribution in [0.25, 0.3) is 0 Å². The largest absolute Gasteiger partial charge is 0.478 e. The maximum Gasteiger partial charge on any atom is 0.339 e. The van der Waals surface area contributed by atoms with E-state index < -0.39 is 5.97 Å². The number of hydrogen-bond acceptors (Lipinski definition) is 4. The first-order valence-electron chi connectivity index (χ1n) is 6.77. The molecule has 1 aromatic rings. The van der Waals surface area contributed by atoms with Crippen molar-refractivity contribution in [2.24, 2.45) is 0 Å². The second kappa shape index (κ2) is 6.72. The summed E-state index contributed by atoms with van der Waals surface area (Å²) in [5.41, 5.74) is 2.02. The third-order valence-electron chi connectivity index (χ3n) is 3.29. The molecule has 5 heteroatoms. The van der Waals surface area contributed by atoms with Gasteiger partial charge in [-0.25, -0.2) is 4.79 Å². The lowest BCUT2D eigenvalue weighted by molar-refractivity contribution is -0.0457. The number of allylic oxidation sites excluding steroid dienone is 2. The van der Waals surface area contributed by atoms with Crippen LogP contribution in [-0.4, -0.2) is 30.6 Å². The zero-order valence-electron chi connectivity index (χ0n) is 11.8. The van der Waals surface area contributed by atoms with Crippen molar-refractivity contribution < 1.29 is 23.8 Å². The van der Waals surface area contributed by atoms with Crippen molar-refractivity contribution in [2.45, 2.75) is 39.4 Å². The maximum atomic E-state index is 11.2. The molecule has 20 heavy (non-hydrogen) atoms. The Morgan fingerprint density at radius 3 is 2.80 bits per heavy atom. The zero-order chi connectivity index (χ0) is 14.5. The average molecular weight is 280 g/mol. The van der Waals surface area contributed by atoms with Crippen molar-refractivity contribution >= 4 is 5.97 Å². The highest BCUT2D eigenvalue weighted by Gasteiger charge is 2.18. The van der Waals surface area contributed by atoms with Crippen molar-refractivity contribution in [3.8, 4) is 0 Å². The number of carboxylic acids is 1. The molecule has 0 amide bonds. The van der Waals surface area contributed by atoms with Gasteiger partial charge in [0.25, 0.3) is 0 Å². The van der Waals surface area contributed by atoms with Crippen molar-refractivity contribution in [3.05, 3.63) is 34.8 Å². The van der Waals surface area contributed by atoms with Crippen molar-refractivity contribution in [2.75, 3.05) is 13.2 Å². The number of hydrogen-bond donors (Lipinski definition) is 1. The van der Waals surface area contributed by atoms with Gasteiger partial charge in [0.1, 0.15) is 11.3 Å². The van der Waals surface area contributed by atoms with E-state index in [0.717, 1.165) is 18.4 Å². The zero-order valence-corrected chi connectivity index (χ0v) is 11.8. The molecule has 2 heterocycles. The summed E-state index contributed by atoms with van der Waals surface area (Å²) in [6.07, 6.45) is 5.65. The Morgan fingerprint density at radius 2 is 2.15 bits per heavy atom. The summed E-state index contributed by atoms with van der Waals surface area (Å²) in [5.74, 6) is -0.427. The Balaban J connectivity index is 1.90. The van der Waals surface area contributed by atoms with E-state index >= 15 is 0 Å². The Kier molecular flexibility index (Phi) is 4.98. The maximum absolute atomic E-state index is 11.2. The van der Waals surface area contributed by atoms with E-state index in [1.807, 2.05) is 6.92 Å². The summed E-state index contributed by atoms with van der Waals surface area (Å²) in [6, 6.07) is 0. The van der Waals surface area contributed by atoms with E-state index in [4.69, 9.17) is 19.0 Å². The van der Waals surface area contributed by atoms with Gasteiger partial charge in [-0.3, -0.25) is 0 Å². The van der Waals surface area contributed by atoms with Crippen LogP contribution in [0, 0.1) is 6.92 Å². The van der Waals surface area contributed by atoms with Gasteiger partial charge in [0.2, 0.25) is 0 Å². The first-order valence-corrected chi connectivity index (χ1v) is 6.77. The minimum absolute atomic E-state index is 0.0977. The van der Waals surface area contributed by atoms with Gasteiger partial charge in [0.05, 0.1) is 19.5 Å². The van der Waals surface area contributed by atoms with Crippen LogP contribution in [0.15, 0.2) is 22.3 Å². The highest BCUT2D eigenvalue weighted by molar-refractivity contribution is 5.90. The Labute approximate surface area is 118 Å². The molecular formula is C15H20O5. The third kappa shape index (κ3) is 3.71. The van der Waals surface area contributed by atoms with Gasteiger partial charge >= 0.3 is 5.97 Å². The molecule has 5 nitrogen and oxygen atoms in total. The van der Waals surface area contributed by atoms with Crippen LogP contribution in [0.4, 0.5) is 0 Å².